The van der Waals surface area contributed by atoms with Crippen molar-refractivity contribution in [1.82, 2.24) is 10.6 Å². The number of ether oxygens (including phenoxy) is 2. The molecule has 1 aliphatic carbocycles. The maximum Gasteiger partial charge on any atom is 0.326 e. The molecular formula is C23H26N2O5. The van der Waals surface area contributed by atoms with Gasteiger partial charge in [-0.05, 0) is 49.4 Å². The van der Waals surface area contributed by atoms with Crippen molar-refractivity contribution in [3.05, 3.63) is 65.2 Å². The second-order valence-corrected chi connectivity index (χ2v) is 7.17. The minimum atomic E-state index is -0.963. The summed E-state index contributed by atoms with van der Waals surface area (Å²) in [6, 6.07) is 14.6. The Morgan fingerprint density at radius 2 is 1.83 bits per heavy atom. The van der Waals surface area contributed by atoms with E-state index in [0.29, 0.717) is 11.3 Å². The number of hydrogen-bond acceptors (Lipinski definition) is 5. The van der Waals surface area contributed by atoms with E-state index in [1.165, 1.54) is 19.6 Å². The van der Waals surface area contributed by atoms with Crippen LogP contribution in [0.25, 0.3) is 0 Å². The molecule has 0 bridgehead atoms. The molecule has 3 rings (SSSR count). The highest BCUT2D eigenvalue weighted by molar-refractivity contribution is 5.98. The van der Waals surface area contributed by atoms with Crippen LogP contribution >= 0.6 is 0 Å². The molecule has 0 unspecified atom stereocenters. The van der Waals surface area contributed by atoms with Crippen molar-refractivity contribution >= 4 is 17.8 Å². The highest BCUT2D eigenvalue weighted by Gasteiger charge is 2.25. The Kier molecular flexibility index (Phi) is 7.06. The number of esters is 1. The van der Waals surface area contributed by atoms with Crippen molar-refractivity contribution in [2.24, 2.45) is 0 Å². The maximum atomic E-state index is 12.5. The minimum absolute atomic E-state index is 0.0890. The lowest BCUT2D eigenvalue weighted by molar-refractivity contribution is -0.154. The van der Waals surface area contributed by atoms with E-state index in [4.69, 9.17) is 9.47 Å². The number of rotatable bonds is 7. The Morgan fingerprint density at radius 1 is 1.10 bits per heavy atom. The minimum Gasteiger partial charge on any atom is -0.496 e. The molecule has 158 valence electrons. The number of hydrogen-bond donors (Lipinski definition) is 2. The van der Waals surface area contributed by atoms with E-state index in [-0.39, 0.29) is 18.5 Å². The molecule has 0 radical (unpaired) electrons. The van der Waals surface area contributed by atoms with Crippen molar-refractivity contribution in [3.63, 3.8) is 0 Å². The number of carbonyl (C=O) groups excluding carboxylic acids is 3. The van der Waals surface area contributed by atoms with Gasteiger partial charge in [0.15, 0.2) is 6.10 Å². The summed E-state index contributed by atoms with van der Waals surface area (Å²) >= 11 is 0. The van der Waals surface area contributed by atoms with Gasteiger partial charge in [-0.25, -0.2) is 0 Å². The van der Waals surface area contributed by atoms with E-state index in [1.54, 1.807) is 24.3 Å². The molecule has 2 aromatic carbocycles. The van der Waals surface area contributed by atoms with Gasteiger partial charge in [0.25, 0.3) is 11.8 Å². The number of aryl methyl sites for hydroxylation is 1. The summed E-state index contributed by atoms with van der Waals surface area (Å²) in [7, 11) is 1.46. The normalized spacial score (nSPS) is 16.0. The van der Waals surface area contributed by atoms with Gasteiger partial charge in [0.2, 0.25) is 0 Å². The molecule has 0 saturated carbocycles. The quantitative estimate of drug-likeness (QED) is 0.685. The molecule has 2 amide bonds. The first-order valence-electron chi connectivity index (χ1n) is 9.98. The predicted octanol–water partition coefficient (Wildman–Crippen LogP) is 2.55. The van der Waals surface area contributed by atoms with Gasteiger partial charge in [-0.1, -0.05) is 36.4 Å². The number of fused-ring (bicyclic) bond motifs is 1. The largest absolute Gasteiger partial charge is 0.496 e. The fraction of sp³-hybridized carbons (Fsp3) is 0.348. The molecule has 0 aliphatic heterocycles. The maximum absolute atomic E-state index is 12.5. The van der Waals surface area contributed by atoms with E-state index < -0.39 is 18.0 Å². The molecule has 2 atom stereocenters. The first kappa shape index (κ1) is 21.4. The van der Waals surface area contributed by atoms with Crippen LogP contribution in [-0.2, 0) is 20.7 Å². The van der Waals surface area contributed by atoms with E-state index >= 15 is 0 Å². The van der Waals surface area contributed by atoms with Gasteiger partial charge in [0.1, 0.15) is 12.3 Å². The van der Waals surface area contributed by atoms with E-state index in [0.717, 1.165) is 24.8 Å². The van der Waals surface area contributed by atoms with Crippen LogP contribution in [0, 0.1) is 0 Å². The highest BCUT2D eigenvalue weighted by atomic mass is 16.5. The monoisotopic (exact) mass is 410 g/mol. The number of nitrogens with one attached hydrogen (secondary N) is 2. The van der Waals surface area contributed by atoms with E-state index in [9.17, 15) is 14.4 Å². The first-order chi connectivity index (χ1) is 14.5. The van der Waals surface area contributed by atoms with Gasteiger partial charge >= 0.3 is 5.97 Å². The molecule has 7 nitrogen and oxygen atoms in total. The van der Waals surface area contributed by atoms with E-state index in [1.807, 2.05) is 18.2 Å². The van der Waals surface area contributed by atoms with Crippen LogP contribution in [0.3, 0.4) is 0 Å². The Balaban J connectivity index is 1.50. The summed E-state index contributed by atoms with van der Waals surface area (Å²) in [5, 5.41) is 5.45. The molecule has 7 heteroatoms. The Hall–Kier alpha value is -3.35. The number of para-hydroxylation sites is 1. The van der Waals surface area contributed by atoms with Crippen LogP contribution in [0.4, 0.5) is 0 Å². The zero-order valence-electron chi connectivity index (χ0n) is 17.1. The third-order valence-corrected chi connectivity index (χ3v) is 5.11. The van der Waals surface area contributed by atoms with Crippen molar-refractivity contribution < 1.29 is 23.9 Å². The van der Waals surface area contributed by atoms with Gasteiger partial charge in [0, 0.05) is 0 Å². The van der Waals surface area contributed by atoms with Crippen LogP contribution in [0.1, 0.15) is 47.3 Å². The van der Waals surface area contributed by atoms with Crippen LogP contribution in [-0.4, -0.2) is 37.5 Å². The Morgan fingerprint density at radius 3 is 2.63 bits per heavy atom. The summed E-state index contributed by atoms with van der Waals surface area (Å²) < 4.78 is 10.3. The third kappa shape index (κ3) is 5.17. The van der Waals surface area contributed by atoms with Crippen molar-refractivity contribution in [2.75, 3.05) is 13.7 Å². The topological polar surface area (TPSA) is 93.7 Å². The number of benzene rings is 2. The highest BCUT2D eigenvalue weighted by Crippen LogP contribution is 2.29. The molecule has 1 aliphatic rings. The van der Waals surface area contributed by atoms with Crippen LogP contribution < -0.4 is 15.4 Å². The van der Waals surface area contributed by atoms with E-state index in [2.05, 4.69) is 16.7 Å². The zero-order chi connectivity index (χ0) is 21.5. The van der Waals surface area contributed by atoms with Gasteiger partial charge in [-0.3, -0.25) is 14.4 Å². The predicted molar refractivity (Wildman–Crippen MR) is 111 cm³/mol. The Labute approximate surface area is 175 Å². The fourth-order valence-corrected chi connectivity index (χ4v) is 3.57. The third-order valence-electron chi connectivity index (χ3n) is 5.11. The summed E-state index contributed by atoms with van der Waals surface area (Å²) in [4.78, 5) is 36.8. The Bertz CT molecular complexity index is 927. The first-order valence-corrected chi connectivity index (χ1v) is 9.98. The molecule has 0 aromatic heterocycles. The zero-order valence-corrected chi connectivity index (χ0v) is 17.1. The van der Waals surface area contributed by atoms with Crippen LogP contribution in [0.2, 0.25) is 0 Å². The molecule has 2 aromatic rings. The molecule has 0 saturated heterocycles. The van der Waals surface area contributed by atoms with Gasteiger partial charge in [0.05, 0.1) is 18.7 Å². The van der Waals surface area contributed by atoms with Gasteiger partial charge in [-0.15, -0.1) is 0 Å². The summed E-state index contributed by atoms with van der Waals surface area (Å²) in [6.07, 6.45) is 1.87. The van der Waals surface area contributed by atoms with Crippen molar-refractivity contribution in [2.45, 2.75) is 38.3 Å². The average Bonchev–Trinajstić information content (AvgIpc) is 2.77. The average molecular weight is 410 g/mol. The lowest BCUT2D eigenvalue weighted by Gasteiger charge is -2.27. The lowest BCUT2D eigenvalue weighted by atomic mass is 9.87. The SMILES string of the molecule is COc1ccccc1C(=O)NCC(=O)O[C@H](C)C(=O)N[C@@H]1CCCc2ccccc21. The fourth-order valence-electron chi connectivity index (χ4n) is 3.57. The molecule has 0 heterocycles. The van der Waals surface area contributed by atoms with Crippen molar-refractivity contribution in [3.8, 4) is 5.75 Å². The summed E-state index contributed by atoms with van der Waals surface area (Å²) in [5.41, 5.74) is 2.66. The smallest absolute Gasteiger partial charge is 0.326 e. The molecular weight excluding hydrogens is 384 g/mol. The van der Waals surface area contributed by atoms with Crippen molar-refractivity contribution in [1.29, 1.82) is 0 Å². The van der Waals surface area contributed by atoms with Crippen LogP contribution in [0.15, 0.2) is 48.5 Å². The summed E-state index contributed by atoms with van der Waals surface area (Å²) in [5.74, 6) is -1.10. The van der Waals surface area contributed by atoms with Gasteiger partial charge < -0.3 is 20.1 Å². The number of methoxy groups -OCH3 is 1. The molecule has 2 N–H and O–H groups in total. The summed E-state index contributed by atoms with van der Waals surface area (Å²) in [6.45, 7) is 1.17. The number of amides is 2. The van der Waals surface area contributed by atoms with Gasteiger partial charge in [-0.2, -0.15) is 0 Å². The number of carbonyl (C=O) groups is 3. The lowest BCUT2D eigenvalue weighted by Crippen LogP contribution is -2.41. The molecule has 0 fully saturated rings. The standard InChI is InChI=1S/C23H26N2O5/c1-15(22(27)25-19-12-7-9-16-8-3-4-10-17(16)19)30-21(26)14-24-23(28)18-11-5-6-13-20(18)29-2/h3-6,8,10-11,13,15,19H,7,9,12,14H2,1-2H3,(H,24,28)(H,25,27)/t15-,19-/m1/s1. The molecule has 0 spiro atoms. The second-order valence-electron chi connectivity index (χ2n) is 7.17. The second kappa shape index (κ2) is 9.91. The molecule has 30 heavy (non-hydrogen) atoms. The van der Waals surface area contributed by atoms with Crippen LogP contribution in [0.5, 0.6) is 5.75 Å².